The van der Waals surface area contributed by atoms with Gasteiger partial charge in [0, 0.05) is 51.2 Å². The molecule has 386 valence electrons. The highest BCUT2D eigenvalue weighted by atomic mass is 32.2. The van der Waals surface area contributed by atoms with Gasteiger partial charge < -0.3 is 52.6 Å². The summed E-state index contributed by atoms with van der Waals surface area (Å²) in [5.74, 6) is 1.72. The summed E-state index contributed by atoms with van der Waals surface area (Å²) in [6, 6.07) is 30.5. The van der Waals surface area contributed by atoms with Crippen molar-refractivity contribution in [1.29, 1.82) is 0 Å². The summed E-state index contributed by atoms with van der Waals surface area (Å²) in [6.07, 6.45) is 0.192. The molecule has 1 fully saturated rings. The number of benzene rings is 5. The average Bonchev–Trinajstić information content (AvgIpc) is 3.72. The van der Waals surface area contributed by atoms with Crippen LogP contribution in [0.3, 0.4) is 0 Å². The Morgan fingerprint density at radius 3 is 1.78 bits per heavy atom. The van der Waals surface area contributed by atoms with Gasteiger partial charge in [-0.1, -0.05) is 42.5 Å². The lowest BCUT2D eigenvalue weighted by molar-refractivity contribution is -0.654. The minimum atomic E-state index is -4.16. The molecule has 0 radical (unpaired) electrons. The van der Waals surface area contributed by atoms with Crippen LogP contribution in [0, 0.1) is 13.8 Å². The third-order valence-corrected chi connectivity index (χ3v) is 14.2. The lowest BCUT2D eigenvalue weighted by atomic mass is 10.1. The molecule has 0 amide bonds. The van der Waals surface area contributed by atoms with Gasteiger partial charge in [0.2, 0.25) is 0 Å². The molecule has 0 aliphatic carbocycles. The van der Waals surface area contributed by atoms with Gasteiger partial charge in [-0.05, 0) is 89.3 Å². The highest BCUT2D eigenvalue weighted by Gasteiger charge is 2.24. The van der Waals surface area contributed by atoms with Crippen molar-refractivity contribution < 1.29 is 55.4 Å². The fraction of sp³-hybridized carbons (Fsp3) is 0.453. The minimum absolute atomic E-state index is 0.192. The van der Waals surface area contributed by atoms with E-state index in [0.717, 1.165) is 60.7 Å². The molecule has 0 saturated carbocycles. The summed E-state index contributed by atoms with van der Waals surface area (Å²) in [6.45, 7) is 13.2. The molecule has 1 saturated heterocycles. The average molecular weight is 1030 g/mol. The van der Waals surface area contributed by atoms with Crippen molar-refractivity contribution in [3.05, 3.63) is 102 Å². The van der Waals surface area contributed by atoms with Gasteiger partial charge >= 0.3 is 5.13 Å². The Morgan fingerprint density at radius 2 is 1.19 bits per heavy atom. The van der Waals surface area contributed by atoms with E-state index in [1.54, 1.807) is 7.11 Å². The first-order valence-electron chi connectivity index (χ1n) is 24.6. The third kappa shape index (κ3) is 14.7. The highest BCUT2D eigenvalue weighted by molar-refractivity contribution is 7.85. The first-order chi connectivity index (χ1) is 35.1. The molecule has 2 bridgehead atoms. The Balaban J connectivity index is 1.14. The van der Waals surface area contributed by atoms with Gasteiger partial charge in [-0.25, -0.2) is 4.57 Å². The first-order valence-corrected chi connectivity index (χ1v) is 27.1. The number of rotatable bonds is 11. The summed E-state index contributed by atoms with van der Waals surface area (Å²) in [7, 11) is -2.52. The summed E-state index contributed by atoms with van der Waals surface area (Å²) < 4.78 is 85.9. The molecule has 3 aliphatic rings. The molecule has 9 rings (SSSR count). The summed E-state index contributed by atoms with van der Waals surface area (Å²) >= 11 is 1.46. The van der Waals surface area contributed by atoms with E-state index in [0.29, 0.717) is 135 Å². The van der Waals surface area contributed by atoms with Crippen LogP contribution in [0.15, 0.2) is 101 Å². The predicted molar refractivity (Wildman–Crippen MR) is 282 cm³/mol. The number of fused-ring (bicyclic) bond motifs is 23. The van der Waals surface area contributed by atoms with Crippen molar-refractivity contribution in [2.45, 2.75) is 26.8 Å². The van der Waals surface area contributed by atoms with Gasteiger partial charge in [-0.15, -0.1) is 0 Å². The number of aryl methyl sites for hydroxylation is 3. The summed E-state index contributed by atoms with van der Waals surface area (Å²) in [5.41, 5.74) is 6.34. The molecule has 5 aromatic carbocycles. The van der Waals surface area contributed by atoms with Gasteiger partial charge in [0.15, 0.2) is 5.52 Å². The number of thiazole rings is 1. The van der Waals surface area contributed by atoms with Crippen LogP contribution in [0.5, 0.6) is 17.2 Å². The number of hydrogen-bond donors (Lipinski definition) is 1. The number of anilines is 3. The van der Waals surface area contributed by atoms with E-state index in [-0.39, 0.29) is 18.8 Å². The molecule has 4 heterocycles. The van der Waals surface area contributed by atoms with Crippen LogP contribution in [0.4, 0.5) is 27.9 Å². The quantitative estimate of drug-likeness (QED) is 0.0433. The second-order valence-corrected chi connectivity index (χ2v) is 20.1. The Bertz CT molecular complexity index is 2750. The Morgan fingerprint density at radius 1 is 0.639 bits per heavy atom. The molecule has 19 heteroatoms. The second kappa shape index (κ2) is 26.4. The van der Waals surface area contributed by atoms with Crippen molar-refractivity contribution >= 4 is 70.3 Å². The van der Waals surface area contributed by atoms with Crippen molar-refractivity contribution in [3.63, 3.8) is 0 Å². The molecular formula is C53H67N6O11S2+. The SMILES string of the molecule is COCCOc1cc(/N=N/c2sc3ccc4ccccc4c3[n+]2CCCS(=O)(=O)O)ccc1N1CCOc2cc(C)ccc2N2CCOCCOCCN(CCOCCOCC2)c2ccc(C)cc2OCC1. The number of hydrogen-bond acceptors (Lipinski definition) is 16. The van der Waals surface area contributed by atoms with Crippen LogP contribution in [0.2, 0.25) is 0 Å². The van der Waals surface area contributed by atoms with Gasteiger partial charge in [0.05, 0.1) is 112 Å². The van der Waals surface area contributed by atoms with E-state index in [9.17, 15) is 13.0 Å². The number of azo groups is 1. The standard InChI is InChI=1S/C53H66N6O11S2/c1-40-9-13-45-48(37-40)68-28-22-58(23-29-69-49-38-41(2)10-14-46(49)57-20-26-66-33-31-64-24-18-56(45)19-25-65-32-34-67-27-21-57)47-15-12-43(39-50(47)70-35-30-63-3)54-55-53-59(17-6-36-72(60,61)62)52-44-8-5-4-7-42(44)11-16-51(52)71-53/h4-5,7-16,37-39H,6,17-36H2,1-3H3/p+1. The van der Waals surface area contributed by atoms with Crippen molar-refractivity contribution in [2.75, 3.05) is 146 Å². The molecule has 0 atom stereocenters. The zero-order chi connectivity index (χ0) is 50.1. The fourth-order valence-electron chi connectivity index (χ4n) is 8.74. The van der Waals surface area contributed by atoms with Crippen LogP contribution in [0.1, 0.15) is 17.5 Å². The highest BCUT2D eigenvalue weighted by Crippen LogP contribution is 2.37. The largest absolute Gasteiger partial charge is 0.490 e. The lowest BCUT2D eigenvalue weighted by Gasteiger charge is -2.29. The Hall–Kier alpha value is -5.64. The van der Waals surface area contributed by atoms with Crippen LogP contribution in [0.25, 0.3) is 21.0 Å². The van der Waals surface area contributed by atoms with Crippen molar-refractivity contribution in [3.8, 4) is 17.2 Å². The van der Waals surface area contributed by atoms with E-state index in [4.69, 9.17) is 48.1 Å². The Kier molecular flexibility index (Phi) is 19.3. The van der Waals surface area contributed by atoms with Crippen LogP contribution in [-0.4, -0.2) is 144 Å². The predicted octanol–water partition coefficient (Wildman–Crippen LogP) is 8.35. The van der Waals surface area contributed by atoms with E-state index in [2.05, 4.69) is 71.0 Å². The van der Waals surface area contributed by atoms with E-state index >= 15 is 0 Å². The summed E-state index contributed by atoms with van der Waals surface area (Å²) in [5, 5.41) is 12.2. The minimum Gasteiger partial charge on any atom is -0.490 e. The zero-order valence-corrected chi connectivity index (χ0v) is 43.2. The maximum absolute atomic E-state index is 11.8. The molecule has 3 aliphatic heterocycles. The molecule has 6 aromatic rings. The van der Waals surface area contributed by atoms with Crippen LogP contribution >= 0.6 is 11.3 Å². The van der Waals surface area contributed by atoms with E-state index < -0.39 is 10.1 Å². The monoisotopic (exact) mass is 1030 g/mol. The molecule has 17 nitrogen and oxygen atoms in total. The third-order valence-electron chi connectivity index (χ3n) is 12.3. The van der Waals surface area contributed by atoms with Crippen molar-refractivity contribution in [1.82, 2.24) is 0 Å². The molecule has 1 N–H and O–H groups in total. The first kappa shape index (κ1) is 52.7. The lowest BCUT2D eigenvalue weighted by Crippen LogP contribution is -2.34. The Labute approximate surface area is 426 Å². The van der Waals surface area contributed by atoms with E-state index in [1.165, 1.54) is 11.3 Å². The van der Waals surface area contributed by atoms with Crippen LogP contribution < -0.4 is 33.5 Å². The molecule has 0 unspecified atom stereocenters. The molecular weight excluding hydrogens is 961 g/mol. The smallest absolute Gasteiger partial charge is 0.409 e. The number of nitrogens with zero attached hydrogens (tertiary/aromatic N) is 6. The summed E-state index contributed by atoms with van der Waals surface area (Å²) in [4.78, 5) is 6.71. The number of methoxy groups -OCH3 is 1. The fourth-order valence-corrected chi connectivity index (χ4v) is 10.3. The topological polar surface area (TPSA) is 167 Å². The van der Waals surface area contributed by atoms with Gasteiger partial charge in [-0.2, -0.15) is 8.42 Å². The van der Waals surface area contributed by atoms with Gasteiger partial charge in [-0.3, -0.25) is 4.55 Å². The maximum Gasteiger partial charge on any atom is 0.409 e. The van der Waals surface area contributed by atoms with Crippen molar-refractivity contribution in [2.24, 2.45) is 10.2 Å². The normalized spacial score (nSPS) is 16.6. The number of ether oxygens (including phenoxy) is 8. The molecule has 1 aromatic heterocycles. The van der Waals surface area contributed by atoms with Gasteiger partial charge in [0.1, 0.15) is 42.8 Å². The molecule has 72 heavy (non-hydrogen) atoms. The zero-order valence-electron chi connectivity index (χ0n) is 41.5. The van der Waals surface area contributed by atoms with E-state index in [1.807, 2.05) is 53.1 Å². The van der Waals surface area contributed by atoms with Crippen LogP contribution in [-0.2, 0) is 40.3 Å². The number of aromatic nitrogens is 1. The molecule has 0 spiro atoms. The van der Waals surface area contributed by atoms with Gasteiger partial charge in [0.25, 0.3) is 10.1 Å². The second-order valence-electron chi connectivity index (χ2n) is 17.6. The maximum atomic E-state index is 11.8.